The zero-order valence-electron chi connectivity index (χ0n) is 13.2. The van der Waals surface area contributed by atoms with Crippen LogP contribution in [0.1, 0.15) is 45.1 Å². The molecule has 1 saturated carbocycles. The molecule has 1 fully saturated rings. The molecule has 0 saturated heterocycles. The lowest BCUT2D eigenvalue weighted by Crippen LogP contribution is -2.26. The summed E-state index contributed by atoms with van der Waals surface area (Å²) in [6.45, 7) is 4.11. The van der Waals surface area contributed by atoms with Crippen molar-refractivity contribution >= 4 is 11.7 Å². The van der Waals surface area contributed by atoms with E-state index in [0.29, 0.717) is 12.4 Å². The maximum absolute atomic E-state index is 12.3. The van der Waals surface area contributed by atoms with Crippen LogP contribution in [-0.2, 0) is 14.3 Å². The molecule has 1 aromatic rings. The molecule has 0 N–H and O–H groups in total. The fourth-order valence-electron chi connectivity index (χ4n) is 3.45. The minimum absolute atomic E-state index is 0.150. The van der Waals surface area contributed by atoms with Crippen molar-refractivity contribution in [2.24, 2.45) is 5.92 Å². The van der Waals surface area contributed by atoms with Crippen molar-refractivity contribution in [3.8, 4) is 0 Å². The number of esters is 1. The van der Waals surface area contributed by atoms with Gasteiger partial charge in [-0.2, -0.15) is 0 Å². The van der Waals surface area contributed by atoms with Crippen LogP contribution in [0.3, 0.4) is 0 Å². The largest absolute Gasteiger partial charge is 0.463 e. The molecule has 3 heteroatoms. The molecule has 1 heterocycles. The summed E-state index contributed by atoms with van der Waals surface area (Å²) in [5.41, 5.74) is 3.06. The van der Waals surface area contributed by atoms with Gasteiger partial charge in [0.15, 0.2) is 0 Å². The molecule has 0 amide bonds. The second-order valence-electron chi connectivity index (χ2n) is 5.81. The van der Waals surface area contributed by atoms with Gasteiger partial charge in [0.2, 0.25) is 0 Å². The van der Waals surface area contributed by atoms with Crippen LogP contribution in [0.4, 0.5) is 0 Å². The van der Waals surface area contributed by atoms with Crippen molar-refractivity contribution in [3.63, 3.8) is 0 Å². The molecular weight excluding hydrogens is 276 g/mol. The molecule has 1 unspecified atom stereocenters. The average molecular weight is 298 g/mol. The summed E-state index contributed by atoms with van der Waals surface area (Å²) in [5.74, 6) is 1.55. The summed E-state index contributed by atoms with van der Waals surface area (Å²) in [4.78, 5) is 12.3. The Balaban J connectivity index is 2.02. The molecule has 3 nitrogen and oxygen atoms in total. The van der Waals surface area contributed by atoms with E-state index < -0.39 is 0 Å². The number of carbonyl (C=O) groups excluding carboxylic acids is 1. The van der Waals surface area contributed by atoms with E-state index in [2.05, 4.69) is 12.1 Å². The van der Waals surface area contributed by atoms with Crippen molar-refractivity contribution in [2.75, 3.05) is 6.61 Å². The van der Waals surface area contributed by atoms with Crippen molar-refractivity contribution < 1.29 is 14.3 Å². The Morgan fingerprint density at radius 3 is 2.77 bits per heavy atom. The predicted octanol–water partition coefficient (Wildman–Crippen LogP) is 4.46. The van der Waals surface area contributed by atoms with Crippen molar-refractivity contribution in [1.29, 1.82) is 0 Å². The highest BCUT2D eigenvalue weighted by Gasteiger charge is 2.36. The maximum atomic E-state index is 12.3. The molecule has 0 aromatic heterocycles. The van der Waals surface area contributed by atoms with Gasteiger partial charge in [0.1, 0.15) is 11.5 Å². The summed E-state index contributed by atoms with van der Waals surface area (Å²) >= 11 is 0. The first-order valence-electron chi connectivity index (χ1n) is 8.06. The number of hydrogen-bond acceptors (Lipinski definition) is 3. The molecule has 2 aliphatic rings. The van der Waals surface area contributed by atoms with E-state index >= 15 is 0 Å². The number of rotatable bonds is 3. The van der Waals surface area contributed by atoms with Crippen LogP contribution in [0.5, 0.6) is 0 Å². The number of fused-ring (bicyclic) bond motifs is 1. The SMILES string of the molecule is CCOC(=O)C1=C(C)OC(c2ccccc2)=C2CCCCC21. The lowest BCUT2D eigenvalue weighted by Gasteiger charge is -2.34. The van der Waals surface area contributed by atoms with Crippen LogP contribution in [0, 0.1) is 5.92 Å². The summed E-state index contributed by atoms with van der Waals surface area (Å²) in [7, 11) is 0. The molecule has 1 aliphatic carbocycles. The van der Waals surface area contributed by atoms with E-state index in [1.54, 1.807) is 0 Å². The van der Waals surface area contributed by atoms with Gasteiger partial charge < -0.3 is 9.47 Å². The Hall–Kier alpha value is -2.03. The molecule has 0 bridgehead atoms. The predicted molar refractivity (Wildman–Crippen MR) is 85.7 cm³/mol. The quantitative estimate of drug-likeness (QED) is 0.773. The summed E-state index contributed by atoms with van der Waals surface area (Å²) in [6, 6.07) is 10.2. The van der Waals surface area contributed by atoms with Crippen LogP contribution in [-0.4, -0.2) is 12.6 Å². The lowest BCUT2D eigenvalue weighted by atomic mass is 9.76. The van der Waals surface area contributed by atoms with Gasteiger partial charge in [-0.05, 0) is 38.7 Å². The second kappa shape index (κ2) is 6.39. The Labute approximate surface area is 131 Å². The Kier molecular flexibility index (Phi) is 4.32. The van der Waals surface area contributed by atoms with Gasteiger partial charge in [-0.3, -0.25) is 0 Å². The van der Waals surface area contributed by atoms with Crippen molar-refractivity contribution in [1.82, 2.24) is 0 Å². The van der Waals surface area contributed by atoms with E-state index in [-0.39, 0.29) is 11.9 Å². The van der Waals surface area contributed by atoms with E-state index in [9.17, 15) is 4.79 Å². The smallest absolute Gasteiger partial charge is 0.338 e. The third-order valence-electron chi connectivity index (χ3n) is 4.42. The zero-order valence-corrected chi connectivity index (χ0v) is 13.2. The first-order chi connectivity index (χ1) is 10.7. The zero-order chi connectivity index (χ0) is 15.5. The Bertz CT molecular complexity index is 625. The fourth-order valence-corrected chi connectivity index (χ4v) is 3.45. The van der Waals surface area contributed by atoms with Crippen LogP contribution < -0.4 is 0 Å². The topological polar surface area (TPSA) is 35.5 Å². The van der Waals surface area contributed by atoms with Gasteiger partial charge >= 0.3 is 5.97 Å². The molecule has 1 aliphatic heterocycles. The average Bonchev–Trinajstić information content (AvgIpc) is 2.55. The van der Waals surface area contributed by atoms with Crippen LogP contribution in [0.2, 0.25) is 0 Å². The molecule has 1 atom stereocenters. The Morgan fingerprint density at radius 1 is 1.27 bits per heavy atom. The van der Waals surface area contributed by atoms with Gasteiger partial charge in [0.25, 0.3) is 0 Å². The van der Waals surface area contributed by atoms with Crippen LogP contribution >= 0.6 is 0 Å². The van der Waals surface area contributed by atoms with Crippen molar-refractivity contribution in [3.05, 3.63) is 52.8 Å². The summed E-state index contributed by atoms with van der Waals surface area (Å²) in [6.07, 6.45) is 4.29. The molecule has 1 aromatic carbocycles. The minimum atomic E-state index is -0.225. The summed E-state index contributed by atoms with van der Waals surface area (Å²) in [5, 5.41) is 0. The number of allylic oxidation sites excluding steroid dienone is 2. The number of carbonyl (C=O) groups is 1. The van der Waals surface area contributed by atoms with Gasteiger partial charge in [-0.25, -0.2) is 4.79 Å². The normalized spacial score (nSPS) is 21.3. The van der Waals surface area contributed by atoms with Crippen LogP contribution in [0.15, 0.2) is 47.2 Å². The second-order valence-corrected chi connectivity index (χ2v) is 5.81. The lowest BCUT2D eigenvalue weighted by molar-refractivity contribution is -0.139. The van der Waals surface area contributed by atoms with Gasteiger partial charge in [-0.1, -0.05) is 36.8 Å². The first-order valence-corrected chi connectivity index (χ1v) is 8.06. The Morgan fingerprint density at radius 2 is 2.05 bits per heavy atom. The molecule has 22 heavy (non-hydrogen) atoms. The third kappa shape index (κ3) is 2.68. The number of ether oxygens (including phenoxy) is 2. The van der Waals surface area contributed by atoms with Gasteiger partial charge in [0.05, 0.1) is 12.2 Å². The fraction of sp³-hybridized carbons (Fsp3) is 0.421. The first kappa shape index (κ1) is 14.9. The van der Waals surface area contributed by atoms with Gasteiger partial charge in [-0.15, -0.1) is 0 Å². The molecule has 0 spiro atoms. The molecular formula is C19H22O3. The minimum Gasteiger partial charge on any atom is -0.463 e. The highest BCUT2D eigenvalue weighted by Crippen LogP contribution is 2.45. The van der Waals surface area contributed by atoms with Crippen molar-refractivity contribution in [2.45, 2.75) is 39.5 Å². The van der Waals surface area contributed by atoms with E-state index in [1.807, 2.05) is 32.0 Å². The van der Waals surface area contributed by atoms with Gasteiger partial charge in [0, 0.05) is 11.5 Å². The monoisotopic (exact) mass is 298 g/mol. The maximum Gasteiger partial charge on any atom is 0.338 e. The standard InChI is InChI=1S/C19H22O3/c1-3-21-19(20)17-13(2)22-18(14-9-5-4-6-10-14)16-12-8-7-11-15(16)17/h4-6,9-10,15H,3,7-8,11-12H2,1-2H3. The van der Waals surface area contributed by atoms with E-state index in [4.69, 9.17) is 9.47 Å². The highest BCUT2D eigenvalue weighted by molar-refractivity contribution is 5.92. The van der Waals surface area contributed by atoms with Crippen LogP contribution in [0.25, 0.3) is 5.76 Å². The molecule has 0 radical (unpaired) electrons. The number of hydrogen-bond donors (Lipinski definition) is 0. The molecule has 116 valence electrons. The number of benzene rings is 1. The molecule has 3 rings (SSSR count). The highest BCUT2D eigenvalue weighted by atomic mass is 16.5. The summed E-state index contributed by atoms with van der Waals surface area (Å²) < 4.78 is 11.3. The van der Waals surface area contributed by atoms with E-state index in [0.717, 1.165) is 42.6 Å². The van der Waals surface area contributed by atoms with E-state index in [1.165, 1.54) is 5.57 Å². The third-order valence-corrected chi connectivity index (χ3v) is 4.42.